The van der Waals surface area contributed by atoms with Crippen LogP contribution in [0.2, 0.25) is 0 Å². The Kier molecular flexibility index (Phi) is 6.25. The lowest BCUT2D eigenvalue weighted by Crippen LogP contribution is -2.34. The summed E-state index contributed by atoms with van der Waals surface area (Å²) in [7, 11) is 2.11. The van der Waals surface area contributed by atoms with E-state index in [9.17, 15) is 4.79 Å². The van der Waals surface area contributed by atoms with Crippen molar-refractivity contribution in [3.8, 4) is 0 Å². The zero-order valence-electron chi connectivity index (χ0n) is 13.9. The molecule has 0 saturated carbocycles. The molecule has 0 fully saturated rings. The third-order valence-electron chi connectivity index (χ3n) is 4.31. The number of anilines is 2. The normalized spacial score (nSPS) is 18.0. The standard InChI is InChI=1S/C18H29N3O/c1-15-13-20(2)16-9-6-7-10-17(16)21(14-15)18(22)11-5-3-4-8-12-19/h6-7,9-10,15H,3-5,8,11-14,19H2,1-2H3. The van der Waals surface area contributed by atoms with Crippen LogP contribution in [0.4, 0.5) is 11.4 Å². The Morgan fingerprint density at radius 1 is 1.14 bits per heavy atom. The molecule has 4 heteroatoms. The lowest BCUT2D eigenvalue weighted by Gasteiger charge is -2.24. The first-order valence-corrected chi connectivity index (χ1v) is 8.44. The summed E-state index contributed by atoms with van der Waals surface area (Å²) in [6.45, 7) is 4.75. The van der Waals surface area contributed by atoms with Crippen molar-refractivity contribution < 1.29 is 4.79 Å². The van der Waals surface area contributed by atoms with Gasteiger partial charge in [-0.1, -0.05) is 31.9 Å². The average Bonchev–Trinajstić information content (AvgIpc) is 2.64. The molecule has 1 aliphatic heterocycles. The van der Waals surface area contributed by atoms with Gasteiger partial charge >= 0.3 is 0 Å². The molecule has 4 nitrogen and oxygen atoms in total. The van der Waals surface area contributed by atoms with Crippen molar-refractivity contribution in [3.63, 3.8) is 0 Å². The number of fused-ring (bicyclic) bond motifs is 1. The third-order valence-corrected chi connectivity index (χ3v) is 4.31. The zero-order chi connectivity index (χ0) is 15.9. The Balaban J connectivity index is 2.04. The molecule has 1 aromatic carbocycles. The largest absolute Gasteiger partial charge is 0.373 e. The first-order chi connectivity index (χ1) is 10.6. The van der Waals surface area contributed by atoms with Gasteiger partial charge in [0.05, 0.1) is 11.4 Å². The van der Waals surface area contributed by atoms with Gasteiger partial charge in [-0.15, -0.1) is 0 Å². The summed E-state index contributed by atoms with van der Waals surface area (Å²) >= 11 is 0. The van der Waals surface area contributed by atoms with E-state index in [1.807, 2.05) is 17.0 Å². The molecule has 1 aliphatic rings. The van der Waals surface area contributed by atoms with E-state index in [1.165, 1.54) is 0 Å². The number of hydrogen-bond acceptors (Lipinski definition) is 3. The molecule has 2 rings (SSSR count). The van der Waals surface area contributed by atoms with E-state index in [-0.39, 0.29) is 5.91 Å². The summed E-state index contributed by atoms with van der Waals surface area (Å²) in [6.07, 6.45) is 4.87. The van der Waals surface area contributed by atoms with Gasteiger partial charge in [0.1, 0.15) is 0 Å². The molecule has 1 amide bonds. The van der Waals surface area contributed by atoms with E-state index in [0.29, 0.717) is 12.3 Å². The van der Waals surface area contributed by atoms with Crippen molar-refractivity contribution in [3.05, 3.63) is 24.3 Å². The predicted molar refractivity (Wildman–Crippen MR) is 93.4 cm³/mol. The van der Waals surface area contributed by atoms with Gasteiger partial charge in [-0.25, -0.2) is 0 Å². The van der Waals surface area contributed by atoms with Gasteiger partial charge in [0, 0.05) is 26.6 Å². The number of benzene rings is 1. The molecule has 0 radical (unpaired) electrons. The second kappa shape index (κ2) is 8.18. The number of rotatable bonds is 6. The van der Waals surface area contributed by atoms with Crippen LogP contribution in [0, 0.1) is 5.92 Å². The van der Waals surface area contributed by atoms with E-state index in [1.54, 1.807) is 0 Å². The van der Waals surface area contributed by atoms with Crippen LogP contribution in [0.1, 0.15) is 39.0 Å². The van der Waals surface area contributed by atoms with Crippen LogP contribution in [0.25, 0.3) is 0 Å². The van der Waals surface area contributed by atoms with Crippen molar-refractivity contribution >= 4 is 17.3 Å². The SMILES string of the molecule is CC1CN(C)c2ccccc2N(C(=O)CCCCCCN)C1. The summed E-state index contributed by atoms with van der Waals surface area (Å²) in [4.78, 5) is 16.9. The monoisotopic (exact) mass is 303 g/mol. The first-order valence-electron chi connectivity index (χ1n) is 8.44. The first kappa shape index (κ1) is 16.8. The molecule has 0 aromatic heterocycles. The minimum Gasteiger partial charge on any atom is -0.373 e. The fraction of sp³-hybridized carbons (Fsp3) is 0.611. The zero-order valence-corrected chi connectivity index (χ0v) is 13.9. The number of amides is 1. The summed E-state index contributed by atoms with van der Waals surface area (Å²) in [5.74, 6) is 0.723. The maximum atomic E-state index is 12.7. The molecule has 2 N–H and O–H groups in total. The molecule has 1 unspecified atom stereocenters. The van der Waals surface area contributed by atoms with Crippen LogP contribution in [0.15, 0.2) is 24.3 Å². The molecule has 22 heavy (non-hydrogen) atoms. The number of carbonyl (C=O) groups is 1. The second-order valence-corrected chi connectivity index (χ2v) is 6.43. The Bertz CT molecular complexity index is 489. The smallest absolute Gasteiger partial charge is 0.227 e. The van der Waals surface area contributed by atoms with Crippen molar-refractivity contribution in [1.82, 2.24) is 0 Å². The maximum absolute atomic E-state index is 12.7. The number of nitrogens with zero attached hydrogens (tertiary/aromatic N) is 2. The Labute approximate surface area is 134 Å². The third kappa shape index (κ3) is 4.23. The lowest BCUT2D eigenvalue weighted by molar-refractivity contribution is -0.118. The van der Waals surface area contributed by atoms with Gasteiger partial charge in [0.2, 0.25) is 5.91 Å². The maximum Gasteiger partial charge on any atom is 0.227 e. The fourth-order valence-corrected chi connectivity index (χ4v) is 3.19. The van der Waals surface area contributed by atoms with Gasteiger partial charge in [-0.3, -0.25) is 4.79 Å². The number of unbranched alkanes of at least 4 members (excludes halogenated alkanes) is 3. The molecule has 122 valence electrons. The highest BCUT2D eigenvalue weighted by Crippen LogP contribution is 2.33. The number of hydrogen-bond donors (Lipinski definition) is 1. The summed E-state index contributed by atoms with van der Waals surface area (Å²) in [5, 5.41) is 0. The van der Waals surface area contributed by atoms with Crippen molar-refractivity contribution in [2.24, 2.45) is 11.7 Å². The molecule has 0 spiro atoms. The minimum absolute atomic E-state index is 0.252. The molecule has 0 bridgehead atoms. The lowest BCUT2D eigenvalue weighted by atomic mass is 10.1. The van der Waals surface area contributed by atoms with Crippen LogP contribution >= 0.6 is 0 Å². The minimum atomic E-state index is 0.252. The van der Waals surface area contributed by atoms with Crippen molar-refractivity contribution in [1.29, 1.82) is 0 Å². The van der Waals surface area contributed by atoms with Gasteiger partial charge < -0.3 is 15.5 Å². The predicted octanol–water partition coefficient (Wildman–Crippen LogP) is 3.01. The van der Waals surface area contributed by atoms with E-state index in [0.717, 1.165) is 56.7 Å². The highest BCUT2D eigenvalue weighted by molar-refractivity contribution is 5.97. The van der Waals surface area contributed by atoms with Crippen LogP contribution < -0.4 is 15.5 Å². The summed E-state index contributed by atoms with van der Waals surface area (Å²) < 4.78 is 0. The van der Waals surface area contributed by atoms with Crippen LogP contribution in [-0.2, 0) is 4.79 Å². The molecular weight excluding hydrogens is 274 g/mol. The topological polar surface area (TPSA) is 49.6 Å². The van der Waals surface area contributed by atoms with E-state index < -0.39 is 0 Å². The number of nitrogens with two attached hydrogens (primary N) is 1. The van der Waals surface area contributed by atoms with E-state index >= 15 is 0 Å². The fourth-order valence-electron chi connectivity index (χ4n) is 3.19. The quantitative estimate of drug-likeness (QED) is 0.822. The van der Waals surface area contributed by atoms with Crippen molar-refractivity contribution in [2.45, 2.75) is 39.0 Å². The Morgan fingerprint density at radius 2 is 1.82 bits per heavy atom. The highest BCUT2D eigenvalue weighted by Gasteiger charge is 2.25. The number of carbonyl (C=O) groups excluding carboxylic acids is 1. The Hall–Kier alpha value is -1.55. The van der Waals surface area contributed by atoms with Gasteiger partial charge in [-0.2, -0.15) is 0 Å². The summed E-state index contributed by atoms with van der Waals surface area (Å²) in [5.41, 5.74) is 7.72. The van der Waals surface area contributed by atoms with Gasteiger partial charge in [0.15, 0.2) is 0 Å². The highest BCUT2D eigenvalue weighted by atomic mass is 16.2. The molecule has 1 atom stereocenters. The van der Waals surface area contributed by atoms with Crippen LogP contribution in [0.5, 0.6) is 0 Å². The molecule has 0 saturated heterocycles. The molecule has 1 heterocycles. The Morgan fingerprint density at radius 3 is 2.55 bits per heavy atom. The molecule has 0 aliphatic carbocycles. The van der Waals surface area contributed by atoms with Crippen LogP contribution in [0.3, 0.4) is 0 Å². The van der Waals surface area contributed by atoms with Gasteiger partial charge in [0.25, 0.3) is 0 Å². The summed E-state index contributed by atoms with van der Waals surface area (Å²) in [6, 6.07) is 8.23. The average molecular weight is 303 g/mol. The van der Waals surface area contributed by atoms with Crippen LogP contribution in [-0.4, -0.2) is 32.6 Å². The van der Waals surface area contributed by atoms with Gasteiger partial charge in [-0.05, 0) is 37.4 Å². The molecule has 1 aromatic rings. The van der Waals surface area contributed by atoms with E-state index in [4.69, 9.17) is 5.73 Å². The van der Waals surface area contributed by atoms with E-state index in [2.05, 4.69) is 31.0 Å². The van der Waals surface area contributed by atoms with Crippen molar-refractivity contribution in [2.75, 3.05) is 36.5 Å². The molecular formula is C18H29N3O. The number of para-hydroxylation sites is 2. The second-order valence-electron chi connectivity index (χ2n) is 6.43.